The number of nitrogens with one attached hydrogen (secondary N) is 1. The molecule has 0 aliphatic carbocycles. The van der Waals surface area contributed by atoms with E-state index in [1.54, 1.807) is 12.3 Å². The van der Waals surface area contributed by atoms with Crippen molar-refractivity contribution in [2.45, 2.75) is 47.1 Å². The van der Waals surface area contributed by atoms with Crippen molar-refractivity contribution >= 4 is 22.6 Å². The summed E-state index contributed by atoms with van der Waals surface area (Å²) in [7, 11) is 0. The topological polar surface area (TPSA) is 56.1 Å². The monoisotopic (exact) mass is 365 g/mol. The first kappa shape index (κ1) is 19.0. The van der Waals surface area contributed by atoms with Gasteiger partial charge in [0, 0.05) is 23.6 Å². The number of aromatic nitrogens is 2. The Hall–Kier alpha value is -2.82. The van der Waals surface area contributed by atoms with Crippen molar-refractivity contribution in [1.82, 2.24) is 9.55 Å². The highest BCUT2D eigenvalue weighted by atomic mass is 16.5. The largest absolute Gasteiger partial charge is 0.490 e. The Bertz CT molecular complexity index is 960. The second-order valence-corrected chi connectivity index (χ2v) is 6.58. The van der Waals surface area contributed by atoms with Crippen LogP contribution in [0.15, 0.2) is 36.5 Å². The average molecular weight is 365 g/mol. The highest BCUT2D eigenvalue weighted by Gasteiger charge is 2.21. The van der Waals surface area contributed by atoms with E-state index < -0.39 is 0 Å². The summed E-state index contributed by atoms with van der Waals surface area (Å²) in [5.41, 5.74) is 4.02. The van der Waals surface area contributed by atoms with Gasteiger partial charge >= 0.3 is 0 Å². The van der Waals surface area contributed by atoms with Gasteiger partial charge in [-0.15, -0.1) is 0 Å². The van der Waals surface area contributed by atoms with Crippen LogP contribution in [0.5, 0.6) is 5.75 Å². The highest BCUT2D eigenvalue weighted by Crippen LogP contribution is 2.29. The number of pyridine rings is 1. The summed E-state index contributed by atoms with van der Waals surface area (Å²) in [6.07, 6.45) is 3.52. The molecule has 0 saturated carbocycles. The SMILES string of the molecule is CCCOc1cccnc1NC(=O)c1c(C)c2cc(CC)ccc2n1CC. The Labute approximate surface area is 160 Å². The number of hydrogen-bond acceptors (Lipinski definition) is 3. The summed E-state index contributed by atoms with van der Waals surface area (Å²) in [5.74, 6) is 0.888. The van der Waals surface area contributed by atoms with Gasteiger partial charge in [-0.2, -0.15) is 0 Å². The fraction of sp³-hybridized carbons (Fsp3) is 0.364. The molecule has 5 heteroatoms. The molecular weight excluding hydrogens is 338 g/mol. The molecule has 1 N–H and O–H groups in total. The maximum atomic E-state index is 13.1. The first-order valence-electron chi connectivity index (χ1n) is 9.61. The zero-order valence-corrected chi connectivity index (χ0v) is 16.5. The number of benzene rings is 1. The van der Waals surface area contributed by atoms with Crippen LogP contribution in [0.2, 0.25) is 0 Å². The van der Waals surface area contributed by atoms with Crippen LogP contribution in [-0.4, -0.2) is 22.1 Å². The van der Waals surface area contributed by atoms with Crippen molar-refractivity contribution in [3.05, 3.63) is 53.3 Å². The number of hydrogen-bond donors (Lipinski definition) is 1. The molecule has 3 aromatic rings. The number of rotatable bonds is 7. The lowest BCUT2D eigenvalue weighted by Gasteiger charge is -2.12. The van der Waals surface area contributed by atoms with Crippen LogP contribution in [0.25, 0.3) is 10.9 Å². The quantitative estimate of drug-likeness (QED) is 0.643. The van der Waals surface area contributed by atoms with Gasteiger partial charge < -0.3 is 14.6 Å². The summed E-state index contributed by atoms with van der Waals surface area (Å²) >= 11 is 0. The van der Waals surface area contributed by atoms with Crippen molar-refractivity contribution in [3.63, 3.8) is 0 Å². The van der Waals surface area contributed by atoms with Gasteiger partial charge in [-0.05, 0) is 62.1 Å². The molecule has 0 aliphatic rings. The minimum absolute atomic E-state index is 0.163. The zero-order valence-electron chi connectivity index (χ0n) is 16.5. The molecule has 0 radical (unpaired) electrons. The number of amides is 1. The third-order valence-corrected chi connectivity index (χ3v) is 4.78. The Balaban J connectivity index is 2.00. The molecule has 142 valence electrons. The lowest BCUT2D eigenvalue weighted by molar-refractivity contribution is 0.101. The standard InChI is InChI=1S/C22H27N3O2/c1-5-13-27-19-9-8-12-23-21(19)24-22(26)20-15(4)17-14-16(6-2)10-11-18(17)25(20)7-3/h8-12,14H,5-7,13H2,1-4H3,(H,23,24,26). The molecule has 0 atom stereocenters. The van der Waals surface area contributed by atoms with Gasteiger partial charge in [0.1, 0.15) is 5.69 Å². The van der Waals surface area contributed by atoms with E-state index >= 15 is 0 Å². The Morgan fingerprint density at radius 2 is 2.04 bits per heavy atom. The first-order valence-corrected chi connectivity index (χ1v) is 9.61. The lowest BCUT2D eigenvalue weighted by Crippen LogP contribution is -2.19. The van der Waals surface area contributed by atoms with E-state index in [9.17, 15) is 4.79 Å². The number of carbonyl (C=O) groups excluding carboxylic acids is 1. The molecule has 3 rings (SSSR count). The zero-order chi connectivity index (χ0) is 19.4. The van der Waals surface area contributed by atoms with Gasteiger partial charge in [0.25, 0.3) is 5.91 Å². The second kappa shape index (κ2) is 8.25. The van der Waals surface area contributed by atoms with Crippen LogP contribution in [-0.2, 0) is 13.0 Å². The summed E-state index contributed by atoms with van der Waals surface area (Å²) in [6, 6.07) is 10.1. The number of ether oxygens (including phenoxy) is 1. The van der Waals surface area contributed by atoms with Crippen LogP contribution >= 0.6 is 0 Å². The second-order valence-electron chi connectivity index (χ2n) is 6.58. The van der Waals surface area contributed by atoms with Crippen LogP contribution < -0.4 is 10.1 Å². The molecule has 5 nitrogen and oxygen atoms in total. The van der Waals surface area contributed by atoms with E-state index in [1.807, 2.05) is 19.9 Å². The predicted molar refractivity (Wildman–Crippen MR) is 110 cm³/mol. The molecule has 2 heterocycles. The number of carbonyl (C=O) groups is 1. The minimum atomic E-state index is -0.163. The van der Waals surface area contributed by atoms with Gasteiger partial charge in [0.15, 0.2) is 11.6 Å². The van der Waals surface area contributed by atoms with Crippen molar-refractivity contribution < 1.29 is 9.53 Å². The van der Waals surface area contributed by atoms with Gasteiger partial charge in [0.05, 0.1) is 6.61 Å². The van der Waals surface area contributed by atoms with Crippen molar-refractivity contribution in [3.8, 4) is 5.75 Å². The molecule has 0 bridgehead atoms. The fourth-order valence-electron chi connectivity index (χ4n) is 3.39. The van der Waals surface area contributed by atoms with Crippen LogP contribution in [0.4, 0.5) is 5.82 Å². The maximum Gasteiger partial charge on any atom is 0.273 e. The van der Waals surface area contributed by atoms with Crippen molar-refractivity contribution in [2.75, 3.05) is 11.9 Å². The lowest BCUT2D eigenvalue weighted by atomic mass is 10.1. The third kappa shape index (κ3) is 3.68. The molecule has 0 unspecified atom stereocenters. The molecule has 1 aromatic carbocycles. The molecule has 0 fully saturated rings. The van der Waals surface area contributed by atoms with E-state index in [4.69, 9.17) is 4.74 Å². The summed E-state index contributed by atoms with van der Waals surface area (Å²) in [6.45, 7) is 9.56. The summed E-state index contributed by atoms with van der Waals surface area (Å²) in [4.78, 5) is 17.4. The summed E-state index contributed by atoms with van der Waals surface area (Å²) < 4.78 is 7.78. The van der Waals surface area contributed by atoms with Gasteiger partial charge in [-0.1, -0.05) is 19.9 Å². The van der Waals surface area contributed by atoms with E-state index in [0.29, 0.717) is 23.9 Å². The number of anilines is 1. The number of fused-ring (bicyclic) bond motifs is 1. The molecule has 2 aromatic heterocycles. The highest BCUT2D eigenvalue weighted by molar-refractivity contribution is 6.08. The van der Waals surface area contributed by atoms with E-state index in [2.05, 4.69) is 46.9 Å². The minimum Gasteiger partial charge on any atom is -0.490 e. The fourth-order valence-corrected chi connectivity index (χ4v) is 3.39. The van der Waals surface area contributed by atoms with Gasteiger partial charge in [0.2, 0.25) is 0 Å². The molecule has 0 aliphatic heterocycles. The van der Waals surface area contributed by atoms with E-state index in [-0.39, 0.29) is 5.91 Å². The molecule has 27 heavy (non-hydrogen) atoms. The van der Waals surface area contributed by atoms with Crippen LogP contribution in [0, 0.1) is 6.92 Å². The predicted octanol–water partition coefficient (Wildman–Crippen LogP) is 4.97. The number of nitrogens with zero attached hydrogens (tertiary/aromatic N) is 2. The normalized spacial score (nSPS) is 11.0. The number of aryl methyl sites for hydroxylation is 3. The Morgan fingerprint density at radius 3 is 2.74 bits per heavy atom. The molecule has 1 amide bonds. The van der Waals surface area contributed by atoms with E-state index in [1.165, 1.54) is 5.56 Å². The Morgan fingerprint density at radius 1 is 1.22 bits per heavy atom. The molecule has 0 saturated heterocycles. The van der Waals surface area contributed by atoms with Crippen LogP contribution in [0.1, 0.15) is 48.8 Å². The van der Waals surface area contributed by atoms with Crippen LogP contribution in [0.3, 0.4) is 0 Å². The van der Waals surface area contributed by atoms with Crippen molar-refractivity contribution in [1.29, 1.82) is 0 Å². The van der Waals surface area contributed by atoms with Gasteiger partial charge in [-0.3, -0.25) is 4.79 Å². The van der Waals surface area contributed by atoms with E-state index in [0.717, 1.165) is 35.9 Å². The molecular formula is C22H27N3O2. The van der Waals surface area contributed by atoms with Crippen molar-refractivity contribution in [2.24, 2.45) is 0 Å². The maximum absolute atomic E-state index is 13.1. The first-order chi connectivity index (χ1) is 13.1. The van der Waals surface area contributed by atoms with Gasteiger partial charge in [-0.25, -0.2) is 4.98 Å². The summed E-state index contributed by atoms with van der Waals surface area (Å²) in [5, 5.41) is 4.07. The smallest absolute Gasteiger partial charge is 0.273 e. The molecule has 0 spiro atoms. The third-order valence-electron chi connectivity index (χ3n) is 4.78. The Kier molecular flexibility index (Phi) is 5.79. The average Bonchev–Trinajstić information content (AvgIpc) is 2.98.